The minimum absolute atomic E-state index is 0.123. The van der Waals surface area contributed by atoms with Crippen molar-refractivity contribution < 1.29 is 9.90 Å². The summed E-state index contributed by atoms with van der Waals surface area (Å²) in [4.78, 5) is 21.3. The summed E-state index contributed by atoms with van der Waals surface area (Å²) in [6.07, 6.45) is 3.15. The highest BCUT2D eigenvalue weighted by molar-refractivity contribution is 5.90. The van der Waals surface area contributed by atoms with Crippen molar-refractivity contribution in [3.63, 3.8) is 0 Å². The Morgan fingerprint density at radius 3 is 2.81 bits per heavy atom. The Kier molecular flexibility index (Phi) is 3.43. The van der Waals surface area contributed by atoms with Crippen molar-refractivity contribution in [2.75, 3.05) is 31.6 Å². The third kappa shape index (κ3) is 2.74. The van der Waals surface area contributed by atoms with E-state index < -0.39 is 0 Å². The summed E-state index contributed by atoms with van der Waals surface area (Å²) in [6.45, 7) is 2.08. The van der Waals surface area contributed by atoms with E-state index in [1.54, 1.807) is 18.5 Å². The average Bonchev–Trinajstić information content (AvgIpc) is 2.24. The number of anilines is 1. The minimum atomic E-state index is -0.123. The lowest BCUT2D eigenvalue weighted by molar-refractivity contribution is -0.119. The van der Waals surface area contributed by atoms with E-state index in [4.69, 9.17) is 5.11 Å². The number of aliphatic hydroxyl groups is 1. The molecule has 1 aliphatic heterocycles. The largest absolute Gasteiger partial charge is 0.396 e. The normalized spacial score (nSPS) is 16.8. The van der Waals surface area contributed by atoms with Gasteiger partial charge < -0.3 is 5.11 Å². The van der Waals surface area contributed by atoms with Crippen LogP contribution in [0.4, 0.5) is 5.95 Å². The van der Waals surface area contributed by atoms with Crippen molar-refractivity contribution in [2.24, 2.45) is 5.92 Å². The molecule has 0 atom stereocenters. The third-order valence-corrected chi connectivity index (χ3v) is 2.48. The van der Waals surface area contributed by atoms with Crippen molar-refractivity contribution in [1.82, 2.24) is 14.9 Å². The highest BCUT2D eigenvalue weighted by atomic mass is 16.3. The smallest absolute Gasteiger partial charge is 0.240 e. The van der Waals surface area contributed by atoms with Crippen molar-refractivity contribution >= 4 is 11.9 Å². The Labute approximate surface area is 93.3 Å². The molecule has 0 saturated carbocycles. The summed E-state index contributed by atoms with van der Waals surface area (Å²) in [5.74, 6) is 0.523. The number of rotatable bonds is 4. The molecule has 0 aliphatic carbocycles. The standard InChI is InChI=1S/C10H14N4O2/c15-7-8-4-14(5-8)6-9(16)13-10-11-2-1-3-12-10/h1-3,8,15H,4-7H2,(H,11,12,13,16). The van der Waals surface area contributed by atoms with Gasteiger partial charge in [-0.2, -0.15) is 0 Å². The van der Waals surface area contributed by atoms with Crippen molar-refractivity contribution in [3.8, 4) is 0 Å². The summed E-state index contributed by atoms with van der Waals surface area (Å²) < 4.78 is 0. The van der Waals surface area contributed by atoms with E-state index in [2.05, 4.69) is 15.3 Å². The Hall–Kier alpha value is -1.53. The van der Waals surface area contributed by atoms with Crippen LogP contribution < -0.4 is 5.32 Å². The van der Waals surface area contributed by atoms with Gasteiger partial charge in [-0.15, -0.1) is 0 Å². The van der Waals surface area contributed by atoms with Crippen LogP contribution in [-0.4, -0.2) is 52.1 Å². The van der Waals surface area contributed by atoms with Crippen molar-refractivity contribution in [2.45, 2.75) is 0 Å². The third-order valence-electron chi connectivity index (χ3n) is 2.48. The van der Waals surface area contributed by atoms with E-state index in [9.17, 15) is 4.79 Å². The number of carbonyl (C=O) groups excluding carboxylic acids is 1. The second-order valence-corrected chi connectivity index (χ2v) is 3.86. The molecule has 2 rings (SSSR count). The van der Waals surface area contributed by atoms with Crippen LogP contribution in [0.15, 0.2) is 18.5 Å². The molecule has 1 aromatic heterocycles. The van der Waals surface area contributed by atoms with Crippen LogP contribution in [0.5, 0.6) is 0 Å². The maximum Gasteiger partial charge on any atom is 0.240 e. The summed E-state index contributed by atoms with van der Waals surface area (Å²) in [5.41, 5.74) is 0. The molecule has 0 spiro atoms. The predicted molar refractivity (Wildman–Crippen MR) is 57.7 cm³/mol. The van der Waals surface area contributed by atoms with Gasteiger partial charge in [0, 0.05) is 38.0 Å². The molecule has 1 saturated heterocycles. The lowest BCUT2D eigenvalue weighted by atomic mass is 10.0. The predicted octanol–water partition coefficient (Wildman–Crippen LogP) is -0.661. The zero-order chi connectivity index (χ0) is 11.4. The zero-order valence-corrected chi connectivity index (χ0v) is 8.83. The molecule has 86 valence electrons. The van der Waals surface area contributed by atoms with E-state index in [1.807, 2.05) is 4.90 Å². The van der Waals surface area contributed by atoms with Crippen LogP contribution in [-0.2, 0) is 4.79 Å². The summed E-state index contributed by atoms with van der Waals surface area (Å²) in [5, 5.41) is 11.4. The molecule has 1 aliphatic rings. The molecule has 2 heterocycles. The van der Waals surface area contributed by atoms with E-state index in [1.165, 1.54) is 0 Å². The number of hydrogen-bond acceptors (Lipinski definition) is 5. The SMILES string of the molecule is O=C(CN1CC(CO)C1)Nc1ncccn1. The number of nitrogens with zero attached hydrogens (tertiary/aromatic N) is 3. The maximum absolute atomic E-state index is 11.5. The molecule has 6 nitrogen and oxygen atoms in total. The first-order valence-electron chi connectivity index (χ1n) is 5.18. The van der Waals surface area contributed by atoms with Gasteiger partial charge in [0.25, 0.3) is 0 Å². The molecule has 2 N–H and O–H groups in total. The number of aliphatic hydroxyl groups excluding tert-OH is 1. The maximum atomic E-state index is 11.5. The molecule has 0 unspecified atom stereocenters. The summed E-state index contributed by atoms with van der Waals surface area (Å²) >= 11 is 0. The molecule has 0 bridgehead atoms. The van der Waals surface area contributed by atoms with Gasteiger partial charge in [0.1, 0.15) is 0 Å². The van der Waals surface area contributed by atoms with Crippen LogP contribution >= 0.6 is 0 Å². The second kappa shape index (κ2) is 5.00. The van der Waals surface area contributed by atoms with Gasteiger partial charge in [-0.05, 0) is 6.07 Å². The Morgan fingerprint density at radius 1 is 1.50 bits per heavy atom. The van der Waals surface area contributed by atoms with Gasteiger partial charge in [0.2, 0.25) is 11.9 Å². The van der Waals surface area contributed by atoms with Crippen LogP contribution in [0.1, 0.15) is 0 Å². The first kappa shape index (κ1) is 11.0. The number of carbonyl (C=O) groups is 1. The zero-order valence-electron chi connectivity index (χ0n) is 8.83. The molecule has 1 aromatic rings. The number of aromatic nitrogens is 2. The van der Waals surface area contributed by atoms with E-state index >= 15 is 0 Å². The van der Waals surface area contributed by atoms with E-state index in [0.29, 0.717) is 18.4 Å². The quantitative estimate of drug-likeness (QED) is 0.707. The van der Waals surface area contributed by atoms with Gasteiger partial charge in [0.15, 0.2) is 0 Å². The van der Waals surface area contributed by atoms with Crippen LogP contribution in [0.3, 0.4) is 0 Å². The first-order chi connectivity index (χ1) is 7.78. The van der Waals surface area contributed by atoms with E-state index in [-0.39, 0.29) is 12.5 Å². The fourth-order valence-electron chi connectivity index (χ4n) is 1.65. The van der Waals surface area contributed by atoms with Gasteiger partial charge in [-0.3, -0.25) is 15.0 Å². The molecule has 1 amide bonds. The van der Waals surface area contributed by atoms with Crippen LogP contribution in [0, 0.1) is 5.92 Å². The highest BCUT2D eigenvalue weighted by Gasteiger charge is 2.27. The molecular weight excluding hydrogens is 208 g/mol. The highest BCUT2D eigenvalue weighted by Crippen LogP contribution is 2.13. The average molecular weight is 222 g/mol. The Bertz CT molecular complexity index is 351. The molecular formula is C10H14N4O2. The molecule has 1 fully saturated rings. The fraction of sp³-hybridized carbons (Fsp3) is 0.500. The lowest BCUT2D eigenvalue weighted by Gasteiger charge is -2.37. The fourth-order valence-corrected chi connectivity index (χ4v) is 1.65. The van der Waals surface area contributed by atoms with Gasteiger partial charge in [-0.25, -0.2) is 9.97 Å². The second-order valence-electron chi connectivity index (χ2n) is 3.86. The summed E-state index contributed by atoms with van der Waals surface area (Å²) in [7, 11) is 0. The first-order valence-corrected chi connectivity index (χ1v) is 5.18. The van der Waals surface area contributed by atoms with Crippen LogP contribution in [0.25, 0.3) is 0 Å². The number of likely N-dealkylation sites (tertiary alicyclic amines) is 1. The topological polar surface area (TPSA) is 78.4 Å². The monoisotopic (exact) mass is 222 g/mol. The number of nitrogens with one attached hydrogen (secondary N) is 1. The van der Waals surface area contributed by atoms with Gasteiger partial charge >= 0.3 is 0 Å². The van der Waals surface area contributed by atoms with Gasteiger partial charge in [0.05, 0.1) is 6.54 Å². The Balaban J connectivity index is 1.74. The van der Waals surface area contributed by atoms with Gasteiger partial charge in [-0.1, -0.05) is 0 Å². The number of hydrogen-bond donors (Lipinski definition) is 2. The molecule has 0 aromatic carbocycles. The van der Waals surface area contributed by atoms with E-state index in [0.717, 1.165) is 13.1 Å². The minimum Gasteiger partial charge on any atom is -0.396 e. The van der Waals surface area contributed by atoms with Crippen LogP contribution in [0.2, 0.25) is 0 Å². The Morgan fingerprint density at radius 2 is 2.19 bits per heavy atom. The molecule has 6 heteroatoms. The number of amides is 1. The van der Waals surface area contributed by atoms with Crippen molar-refractivity contribution in [1.29, 1.82) is 0 Å². The summed E-state index contributed by atoms with van der Waals surface area (Å²) in [6, 6.07) is 1.69. The molecule has 0 radical (unpaired) electrons. The van der Waals surface area contributed by atoms with Crippen molar-refractivity contribution in [3.05, 3.63) is 18.5 Å². The molecule has 16 heavy (non-hydrogen) atoms. The lowest BCUT2D eigenvalue weighted by Crippen LogP contribution is -2.51.